The van der Waals surface area contributed by atoms with Crippen molar-refractivity contribution in [2.45, 2.75) is 26.0 Å². The molecule has 0 aromatic carbocycles. The van der Waals surface area contributed by atoms with E-state index in [1.807, 2.05) is 0 Å². The van der Waals surface area contributed by atoms with Crippen LogP contribution in [0.15, 0.2) is 6.20 Å². The van der Waals surface area contributed by atoms with Crippen LogP contribution in [0, 0.1) is 0 Å². The summed E-state index contributed by atoms with van der Waals surface area (Å²) >= 11 is 0. The van der Waals surface area contributed by atoms with Gasteiger partial charge in [-0.3, -0.25) is 0 Å². The molecule has 0 aliphatic carbocycles. The zero-order valence-corrected chi connectivity index (χ0v) is 7.43. The van der Waals surface area contributed by atoms with E-state index in [0.29, 0.717) is 0 Å². The number of carboxylic acids is 1. The topological polar surface area (TPSA) is 88.2 Å². The standard InChI is InChI=1S/C7H11N3O3/c1-7(2,13)4-10-3-5(6(11)12)8-9-10/h3,13H,4H2,1-2H3,(H,11,12). The number of hydrogen-bond donors (Lipinski definition) is 2. The van der Waals surface area contributed by atoms with E-state index in [9.17, 15) is 9.90 Å². The quantitative estimate of drug-likeness (QED) is 0.677. The fraction of sp³-hybridized carbons (Fsp3) is 0.571. The van der Waals surface area contributed by atoms with Crippen LogP contribution in [0.4, 0.5) is 0 Å². The largest absolute Gasteiger partial charge is 0.476 e. The zero-order chi connectivity index (χ0) is 10.1. The van der Waals surface area contributed by atoms with Crippen molar-refractivity contribution in [3.05, 3.63) is 11.9 Å². The molecular formula is C7H11N3O3. The highest BCUT2D eigenvalue weighted by atomic mass is 16.4. The summed E-state index contributed by atoms with van der Waals surface area (Å²) < 4.78 is 1.30. The summed E-state index contributed by atoms with van der Waals surface area (Å²) in [6.07, 6.45) is 1.28. The number of aliphatic hydroxyl groups is 1. The first-order valence-electron chi connectivity index (χ1n) is 3.74. The summed E-state index contributed by atoms with van der Waals surface area (Å²) in [6.45, 7) is 3.43. The Labute approximate surface area is 74.8 Å². The van der Waals surface area contributed by atoms with E-state index in [2.05, 4.69) is 10.3 Å². The number of carboxylic acid groups (broad SMARTS) is 1. The molecule has 0 saturated carbocycles. The van der Waals surface area contributed by atoms with Gasteiger partial charge in [-0.2, -0.15) is 0 Å². The van der Waals surface area contributed by atoms with Crippen molar-refractivity contribution in [1.82, 2.24) is 15.0 Å². The lowest BCUT2D eigenvalue weighted by molar-refractivity contribution is 0.0569. The average Bonchev–Trinajstić information content (AvgIpc) is 2.31. The lowest BCUT2D eigenvalue weighted by Gasteiger charge is -2.15. The molecule has 2 N–H and O–H groups in total. The molecule has 0 saturated heterocycles. The monoisotopic (exact) mass is 185 g/mol. The summed E-state index contributed by atoms with van der Waals surface area (Å²) in [5.41, 5.74) is -1.05. The Kier molecular flexibility index (Phi) is 2.33. The SMILES string of the molecule is CC(C)(O)Cn1cc(C(=O)O)nn1. The minimum Gasteiger partial charge on any atom is -0.476 e. The molecule has 1 aromatic rings. The van der Waals surface area contributed by atoms with Crippen molar-refractivity contribution in [2.24, 2.45) is 0 Å². The van der Waals surface area contributed by atoms with Gasteiger partial charge >= 0.3 is 5.97 Å². The van der Waals surface area contributed by atoms with Gasteiger partial charge in [-0.15, -0.1) is 5.10 Å². The van der Waals surface area contributed by atoms with Gasteiger partial charge in [-0.25, -0.2) is 9.48 Å². The highest BCUT2D eigenvalue weighted by Crippen LogP contribution is 2.04. The molecule has 0 aliphatic rings. The highest BCUT2D eigenvalue weighted by molar-refractivity contribution is 5.84. The van der Waals surface area contributed by atoms with Crippen LogP contribution in [0.1, 0.15) is 24.3 Å². The van der Waals surface area contributed by atoms with Crippen molar-refractivity contribution < 1.29 is 15.0 Å². The van der Waals surface area contributed by atoms with E-state index in [0.717, 1.165) is 0 Å². The van der Waals surface area contributed by atoms with Crippen molar-refractivity contribution in [3.8, 4) is 0 Å². The van der Waals surface area contributed by atoms with E-state index in [1.165, 1.54) is 10.9 Å². The van der Waals surface area contributed by atoms with Crippen LogP contribution in [-0.2, 0) is 6.54 Å². The van der Waals surface area contributed by atoms with Crippen molar-refractivity contribution in [3.63, 3.8) is 0 Å². The summed E-state index contributed by atoms with van der Waals surface area (Å²) in [6, 6.07) is 0. The predicted molar refractivity (Wildman–Crippen MR) is 43.3 cm³/mol. The number of hydrogen-bond acceptors (Lipinski definition) is 4. The van der Waals surface area contributed by atoms with Gasteiger partial charge in [0.15, 0.2) is 5.69 Å². The lowest BCUT2D eigenvalue weighted by atomic mass is 10.1. The Morgan fingerprint density at radius 1 is 1.69 bits per heavy atom. The third-order valence-electron chi connectivity index (χ3n) is 1.31. The first kappa shape index (κ1) is 9.66. The van der Waals surface area contributed by atoms with Gasteiger partial charge in [0, 0.05) is 0 Å². The van der Waals surface area contributed by atoms with E-state index in [4.69, 9.17) is 5.11 Å². The summed E-state index contributed by atoms with van der Waals surface area (Å²) in [7, 11) is 0. The molecule has 6 nitrogen and oxygen atoms in total. The molecule has 6 heteroatoms. The number of rotatable bonds is 3. The third kappa shape index (κ3) is 2.83. The summed E-state index contributed by atoms with van der Waals surface area (Å²) in [5, 5.41) is 24.9. The smallest absolute Gasteiger partial charge is 0.358 e. The van der Waals surface area contributed by atoms with E-state index in [-0.39, 0.29) is 12.2 Å². The first-order chi connectivity index (χ1) is 5.88. The average molecular weight is 185 g/mol. The van der Waals surface area contributed by atoms with Gasteiger partial charge in [0.1, 0.15) is 0 Å². The molecule has 0 unspecified atom stereocenters. The fourth-order valence-electron chi connectivity index (χ4n) is 0.870. The molecule has 1 aromatic heterocycles. The molecule has 1 rings (SSSR count). The second kappa shape index (κ2) is 3.14. The minimum atomic E-state index is -1.12. The third-order valence-corrected chi connectivity index (χ3v) is 1.31. The maximum Gasteiger partial charge on any atom is 0.358 e. The number of aromatic carboxylic acids is 1. The Bertz CT molecular complexity index is 313. The van der Waals surface area contributed by atoms with Crippen LogP contribution in [0.2, 0.25) is 0 Å². The Morgan fingerprint density at radius 3 is 2.69 bits per heavy atom. The Hall–Kier alpha value is -1.43. The van der Waals surface area contributed by atoms with Crippen LogP contribution in [0.3, 0.4) is 0 Å². The molecule has 0 amide bonds. The van der Waals surface area contributed by atoms with Gasteiger partial charge < -0.3 is 10.2 Å². The molecule has 0 radical (unpaired) electrons. The van der Waals surface area contributed by atoms with Gasteiger partial charge in [-0.05, 0) is 13.8 Å². The number of nitrogens with zero attached hydrogens (tertiary/aromatic N) is 3. The molecule has 72 valence electrons. The number of aromatic nitrogens is 3. The number of carbonyl (C=O) groups is 1. The molecule has 0 bridgehead atoms. The molecule has 0 aliphatic heterocycles. The minimum absolute atomic E-state index is 0.121. The molecule has 0 spiro atoms. The molecule has 1 heterocycles. The second-order valence-electron chi connectivity index (χ2n) is 3.42. The first-order valence-corrected chi connectivity index (χ1v) is 3.74. The highest BCUT2D eigenvalue weighted by Gasteiger charge is 2.16. The Balaban J connectivity index is 2.75. The molecule has 0 fully saturated rings. The van der Waals surface area contributed by atoms with Crippen molar-refractivity contribution in [2.75, 3.05) is 0 Å². The maximum absolute atomic E-state index is 10.4. The maximum atomic E-state index is 10.4. The molecule has 13 heavy (non-hydrogen) atoms. The van der Waals surface area contributed by atoms with Gasteiger partial charge in [0.2, 0.25) is 0 Å². The van der Waals surface area contributed by atoms with E-state index >= 15 is 0 Å². The predicted octanol–water partition coefficient (Wildman–Crippen LogP) is -0.253. The van der Waals surface area contributed by atoms with Crippen LogP contribution in [0.25, 0.3) is 0 Å². The molecular weight excluding hydrogens is 174 g/mol. The molecule has 0 atom stereocenters. The van der Waals surface area contributed by atoms with Gasteiger partial charge in [0.05, 0.1) is 18.3 Å². The van der Waals surface area contributed by atoms with Crippen LogP contribution in [0.5, 0.6) is 0 Å². The van der Waals surface area contributed by atoms with Gasteiger partial charge in [0.25, 0.3) is 0 Å². The van der Waals surface area contributed by atoms with Crippen molar-refractivity contribution >= 4 is 5.97 Å². The van der Waals surface area contributed by atoms with Crippen LogP contribution >= 0.6 is 0 Å². The van der Waals surface area contributed by atoms with Gasteiger partial charge in [-0.1, -0.05) is 5.21 Å². The van der Waals surface area contributed by atoms with Crippen molar-refractivity contribution in [1.29, 1.82) is 0 Å². The normalized spacial score (nSPS) is 11.6. The Morgan fingerprint density at radius 2 is 2.31 bits per heavy atom. The summed E-state index contributed by atoms with van der Waals surface area (Å²) in [4.78, 5) is 10.4. The lowest BCUT2D eigenvalue weighted by Crippen LogP contribution is -2.26. The van der Waals surface area contributed by atoms with E-state index in [1.54, 1.807) is 13.8 Å². The zero-order valence-electron chi connectivity index (χ0n) is 7.43. The van der Waals surface area contributed by atoms with Crippen LogP contribution in [-0.4, -0.2) is 36.8 Å². The fourth-order valence-corrected chi connectivity index (χ4v) is 0.870. The summed E-state index contributed by atoms with van der Waals surface area (Å²) in [5.74, 6) is -1.12. The van der Waals surface area contributed by atoms with Crippen LogP contribution < -0.4 is 0 Å². The second-order valence-corrected chi connectivity index (χ2v) is 3.42. The van der Waals surface area contributed by atoms with E-state index < -0.39 is 11.6 Å².